The van der Waals surface area contributed by atoms with E-state index in [0.29, 0.717) is 5.69 Å². The molecule has 0 amide bonds. The zero-order chi connectivity index (χ0) is 12.3. The van der Waals surface area contributed by atoms with Crippen molar-refractivity contribution in [1.82, 2.24) is 14.5 Å². The number of nitrogens with two attached hydrogens (primary N) is 1. The fraction of sp³-hybridized carbons (Fsp3) is 0.250. The molecular weight excluding hydrogens is 214 g/mol. The van der Waals surface area contributed by atoms with Crippen molar-refractivity contribution >= 4 is 5.84 Å². The largest absolute Gasteiger partial charge is 0.382 e. The van der Waals surface area contributed by atoms with Crippen LogP contribution in [0.1, 0.15) is 24.9 Å². The number of nitrogens with zero attached hydrogens (tertiary/aromatic N) is 3. The van der Waals surface area contributed by atoms with Crippen LogP contribution in [-0.2, 0) is 6.42 Å². The number of aryl methyl sites for hydroxylation is 1. The van der Waals surface area contributed by atoms with E-state index >= 15 is 0 Å². The minimum Gasteiger partial charge on any atom is -0.382 e. The Kier molecular flexibility index (Phi) is 3.18. The van der Waals surface area contributed by atoms with Crippen molar-refractivity contribution < 1.29 is 0 Å². The average Bonchev–Trinajstić information content (AvgIpc) is 2.78. The van der Waals surface area contributed by atoms with Crippen LogP contribution in [0.3, 0.4) is 0 Å². The van der Waals surface area contributed by atoms with Crippen molar-refractivity contribution in [1.29, 1.82) is 5.41 Å². The zero-order valence-electron chi connectivity index (χ0n) is 9.72. The number of hydrogen-bond donors (Lipinski definition) is 2. The molecule has 88 valence electrons. The Balaban J connectivity index is 2.42. The molecule has 3 N–H and O–H groups in total. The molecule has 2 aromatic heterocycles. The average molecular weight is 229 g/mol. The summed E-state index contributed by atoms with van der Waals surface area (Å²) in [5, 5.41) is 7.38. The van der Waals surface area contributed by atoms with Gasteiger partial charge in [0.25, 0.3) is 0 Å². The molecule has 2 rings (SSSR count). The lowest BCUT2D eigenvalue weighted by Crippen LogP contribution is -2.13. The van der Waals surface area contributed by atoms with Crippen molar-refractivity contribution in [3.8, 4) is 5.69 Å². The molecule has 2 aromatic rings. The topological polar surface area (TPSA) is 80.6 Å². The second-order valence-corrected chi connectivity index (χ2v) is 3.78. The highest BCUT2D eigenvalue weighted by atomic mass is 15.1. The molecule has 0 unspecified atom stereocenters. The van der Waals surface area contributed by atoms with Gasteiger partial charge < -0.3 is 10.3 Å². The molecule has 0 aliphatic rings. The monoisotopic (exact) mass is 229 g/mol. The third-order valence-corrected chi connectivity index (χ3v) is 2.49. The Bertz CT molecular complexity index is 529. The summed E-state index contributed by atoms with van der Waals surface area (Å²) in [6.45, 7) is 2.12. The third-order valence-electron chi connectivity index (χ3n) is 2.49. The summed E-state index contributed by atoms with van der Waals surface area (Å²) in [5.74, 6) is 0.984. The molecule has 5 nitrogen and oxygen atoms in total. The predicted octanol–water partition coefficient (Wildman–Crippen LogP) is 1.50. The van der Waals surface area contributed by atoms with Crippen LogP contribution in [0.2, 0.25) is 0 Å². The van der Waals surface area contributed by atoms with Crippen LogP contribution >= 0.6 is 0 Å². The fourth-order valence-electron chi connectivity index (χ4n) is 1.69. The van der Waals surface area contributed by atoms with Crippen molar-refractivity contribution in [3.63, 3.8) is 0 Å². The lowest BCUT2D eigenvalue weighted by molar-refractivity contribution is 0.808. The Hall–Kier alpha value is -2.17. The van der Waals surface area contributed by atoms with Crippen LogP contribution in [0.15, 0.2) is 30.7 Å². The van der Waals surface area contributed by atoms with Crippen molar-refractivity contribution in [2.75, 3.05) is 0 Å². The maximum absolute atomic E-state index is 7.38. The molecule has 0 bridgehead atoms. The first-order valence-corrected chi connectivity index (χ1v) is 5.55. The van der Waals surface area contributed by atoms with E-state index in [0.717, 1.165) is 24.4 Å². The summed E-state index contributed by atoms with van der Waals surface area (Å²) < 4.78 is 2.00. The van der Waals surface area contributed by atoms with Gasteiger partial charge in [0.15, 0.2) is 0 Å². The molecular formula is C12H15N5. The number of nitrogens with one attached hydrogen (secondary N) is 1. The number of hydrogen-bond acceptors (Lipinski definition) is 3. The zero-order valence-corrected chi connectivity index (χ0v) is 9.72. The maximum Gasteiger partial charge on any atom is 0.141 e. The molecule has 0 aliphatic heterocycles. The van der Waals surface area contributed by atoms with E-state index < -0.39 is 0 Å². The molecule has 2 heterocycles. The van der Waals surface area contributed by atoms with Gasteiger partial charge in [-0.2, -0.15) is 0 Å². The van der Waals surface area contributed by atoms with Crippen molar-refractivity contribution in [2.24, 2.45) is 5.73 Å². The molecule has 0 saturated heterocycles. The lowest BCUT2D eigenvalue weighted by atomic mass is 10.2. The van der Waals surface area contributed by atoms with Gasteiger partial charge in [-0.1, -0.05) is 6.92 Å². The summed E-state index contributed by atoms with van der Waals surface area (Å²) in [7, 11) is 0. The van der Waals surface area contributed by atoms with Gasteiger partial charge in [-0.15, -0.1) is 0 Å². The second kappa shape index (κ2) is 4.78. The van der Waals surface area contributed by atoms with Gasteiger partial charge in [0.2, 0.25) is 0 Å². The number of amidine groups is 1. The minimum absolute atomic E-state index is 0.0241. The molecule has 5 heteroatoms. The first kappa shape index (κ1) is 11.3. The van der Waals surface area contributed by atoms with E-state index in [-0.39, 0.29) is 5.84 Å². The quantitative estimate of drug-likeness (QED) is 0.616. The number of pyridine rings is 1. The predicted molar refractivity (Wildman–Crippen MR) is 66.4 cm³/mol. The molecule has 0 aliphatic carbocycles. The molecule has 0 radical (unpaired) electrons. The van der Waals surface area contributed by atoms with Gasteiger partial charge >= 0.3 is 0 Å². The van der Waals surface area contributed by atoms with Crippen LogP contribution in [0.25, 0.3) is 5.69 Å². The van der Waals surface area contributed by atoms with Crippen molar-refractivity contribution in [2.45, 2.75) is 19.8 Å². The van der Waals surface area contributed by atoms with E-state index in [1.807, 2.05) is 16.8 Å². The van der Waals surface area contributed by atoms with E-state index in [9.17, 15) is 0 Å². The second-order valence-electron chi connectivity index (χ2n) is 3.78. The molecule has 0 fully saturated rings. The third kappa shape index (κ3) is 2.33. The molecule has 17 heavy (non-hydrogen) atoms. The Morgan fingerprint density at radius 1 is 1.41 bits per heavy atom. The molecule has 0 atom stereocenters. The highest BCUT2D eigenvalue weighted by molar-refractivity contribution is 5.93. The van der Waals surface area contributed by atoms with Crippen LogP contribution in [-0.4, -0.2) is 20.4 Å². The smallest absolute Gasteiger partial charge is 0.141 e. The SMILES string of the molecule is CCCc1nccn1-c1ccnc(C(=N)N)c1. The minimum atomic E-state index is -0.0241. The van der Waals surface area contributed by atoms with Gasteiger partial charge in [-0.05, 0) is 18.6 Å². The van der Waals surface area contributed by atoms with E-state index in [1.165, 1.54) is 0 Å². The number of imidazole rings is 1. The Labute approximate surface area is 99.8 Å². The van der Waals surface area contributed by atoms with Gasteiger partial charge in [0.05, 0.1) is 5.69 Å². The highest BCUT2D eigenvalue weighted by Crippen LogP contribution is 2.12. The first-order valence-electron chi connectivity index (χ1n) is 5.55. The van der Waals surface area contributed by atoms with E-state index in [4.69, 9.17) is 11.1 Å². The van der Waals surface area contributed by atoms with E-state index in [2.05, 4.69) is 16.9 Å². The van der Waals surface area contributed by atoms with E-state index in [1.54, 1.807) is 18.5 Å². The normalized spacial score (nSPS) is 10.4. The summed E-state index contributed by atoms with van der Waals surface area (Å²) in [6.07, 6.45) is 7.30. The molecule has 0 aromatic carbocycles. The van der Waals surface area contributed by atoms with Gasteiger partial charge in [0.1, 0.15) is 17.4 Å². The van der Waals surface area contributed by atoms with Crippen molar-refractivity contribution in [3.05, 3.63) is 42.2 Å². The summed E-state index contributed by atoms with van der Waals surface area (Å²) in [5.41, 5.74) is 6.85. The fourth-order valence-corrected chi connectivity index (χ4v) is 1.69. The van der Waals surface area contributed by atoms with Crippen LogP contribution in [0.5, 0.6) is 0 Å². The van der Waals surface area contributed by atoms with Crippen LogP contribution in [0.4, 0.5) is 0 Å². The Morgan fingerprint density at radius 2 is 2.24 bits per heavy atom. The lowest BCUT2D eigenvalue weighted by Gasteiger charge is -2.08. The van der Waals surface area contributed by atoms with Crippen LogP contribution in [0, 0.1) is 5.41 Å². The standard InChI is InChI=1S/C12H15N5/c1-2-3-11-16-6-7-17(11)9-4-5-15-10(8-9)12(13)14/h4-8H,2-3H2,1H3,(H3,13,14). The molecule has 0 saturated carbocycles. The Morgan fingerprint density at radius 3 is 2.94 bits per heavy atom. The highest BCUT2D eigenvalue weighted by Gasteiger charge is 2.06. The summed E-state index contributed by atoms with van der Waals surface area (Å²) in [4.78, 5) is 8.36. The summed E-state index contributed by atoms with van der Waals surface area (Å²) >= 11 is 0. The number of nitrogen functional groups attached to an aromatic ring is 1. The number of aromatic nitrogens is 3. The van der Waals surface area contributed by atoms with Gasteiger partial charge in [-0.3, -0.25) is 10.4 Å². The van der Waals surface area contributed by atoms with Gasteiger partial charge in [-0.25, -0.2) is 4.98 Å². The van der Waals surface area contributed by atoms with Crippen LogP contribution < -0.4 is 5.73 Å². The molecule has 0 spiro atoms. The van der Waals surface area contributed by atoms with Gasteiger partial charge in [0, 0.05) is 25.0 Å². The summed E-state index contributed by atoms with van der Waals surface area (Å²) in [6, 6.07) is 3.68. The maximum atomic E-state index is 7.38. The first-order chi connectivity index (χ1) is 8.22. The number of rotatable bonds is 4.